The highest BCUT2D eigenvalue weighted by atomic mass is 16.5. The smallest absolute Gasteiger partial charge is 0.277 e. The molecule has 30 heavy (non-hydrogen) atoms. The topological polar surface area (TPSA) is 50.7 Å². The van der Waals surface area contributed by atoms with Crippen LogP contribution in [0.1, 0.15) is 56.1 Å². The number of ether oxygens (including phenoxy) is 1. The number of fused-ring (bicyclic) bond motifs is 1. The van der Waals surface area contributed by atoms with Crippen LogP contribution in [0, 0.1) is 0 Å². The summed E-state index contributed by atoms with van der Waals surface area (Å²) in [6, 6.07) is 22.5. The Labute approximate surface area is 178 Å². The summed E-state index contributed by atoms with van der Waals surface area (Å²) in [4.78, 5) is 12.1. The molecule has 3 aromatic carbocycles. The van der Waals surface area contributed by atoms with Crippen molar-refractivity contribution in [2.24, 2.45) is 5.10 Å². The van der Waals surface area contributed by atoms with Crippen molar-refractivity contribution >= 4 is 22.4 Å². The molecule has 0 aromatic heterocycles. The molecule has 0 aliphatic heterocycles. The highest BCUT2D eigenvalue weighted by molar-refractivity contribution is 5.99. The molecule has 1 amide bonds. The minimum atomic E-state index is -0.277. The number of hydrogen-bond acceptors (Lipinski definition) is 3. The Morgan fingerprint density at radius 2 is 1.70 bits per heavy atom. The highest BCUT2D eigenvalue weighted by Crippen LogP contribution is 2.32. The largest absolute Gasteiger partial charge is 0.484 e. The maximum atomic E-state index is 12.1. The van der Waals surface area contributed by atoms with E-state index in [4.69, 9.17) is 4.74 Å². The van der Waals surface area contributed by atoms with Gasteiger partial charge in [-0.2, -0.15) is 5.10 Å². The predicted octanol–water partition coefficient (Wildman–Crippen LogP) is 5.81. The lowest BCUT2D eigenvalue weighted by Crippen LogP contribution is -2.25. The summed E-state index contributed by atoms with van der Waals surface area (Å²) in [6.07, 6.45) is 6.62. The number of rotatable bonds is 6. The Morgan fingerprint density at radius 1 is 0.967 bits per heavy atom. The molecule has 4 rings (SSSR count). The van der Waals surface area contributed by atoms with Crippen LogP contribution >= 0.6 is 0 Å². The predicted molar refractivity (Wildman–Crippen MR) is 122 cm³/mol. The monoisotopic (exact) mass is 400 g/mol. The van der Waals surface area contributed by atoms with Crippen molar-refractivity contribution in [1.82, 2.24) is 5.43 Å². The van der Waals surface area contributed by atoms with Gasteiger partial charge in [0.15, 0.2) is 6.61 Å². The molecule has 0 saturated heterocycles. The zero-order valence-corrected chi connectivity index (χ0v) is 17.4. The molecule has 0 unspecified atom stereocenters. The van der Waals surface area contributed by atoms with Crippen LogP contribution in [0.15, 0.2) is 71.8 Å². The third kappa shape index (κ3) is 5.07. The second kappa shape index (κ2) is 9.57. The fourth-order valence-electron chi connectivity index (χ4n) is 4.08. The molecule has 1 fully saturated rings. The molecule has 154 valence electrons. The van der Waals surface area contributed by atoms with Gasteiger partial charge in [-0.05, 0) is 59.7 Å². The fraction of sp³-hybridized carbons (Fsp3) is 0.308. The van der Waals surface area contributed by atoms with Gasteiger partial charge in [0.2, 0.25) is 0 Å². The quantitative estimate of drug-likeness (QED) is 0.419. The molecule has 0 bridgehead atoms. The Bertz CT molecular complexity index is 1030. The van der Waals surface area contributed by atoms with Gasteiger partial charge in [0.25, 0.3) is 5.91 Å². The van der Waals surface area contributed by atoms with Crippen molar-refractivity contribution in [3.63, 3.8) is 0 Å². The van der Waals surface area contributed by atoms with E-state index in [-0.39, 0.29) is 12.5 Å². The van der Waals surface area contributed by atoms with E-state index < -0.39 is 0 Å². The average Bonchev–Trinajstić information content (AvgIpc) is 2.81. The van der Waals surface area contributed by atoms with Crippen molar-refractivity contribution in [2.75, 3.05) is 6.61 Å². The second-order valence-electron chi connectivity index (χ2n) is 7.99. The van der Waals surface area contributed by atoms with Crippen molar-refractivity contribution in [2.45, 2.75) is 44.9 Å². The average molecular weight is 401 g/mol. The van der Waals surface area contributed by atoms with Crippen LogP contribution in [0.2, 0.25) is 0 Å². The first-order chi connectivity index (χ1) is 14.7. The minimum Gasteiger partial charge on any atom is -0.484 e. The van der Waals surface area contributed by atoms with Gasteiger partial charge < -0.3 is 4.74 Å². The van der Waals surface area contributed by atoms with Gasteiger partial charge in [0.05, 0.1) is 5.71 Å². The van der Waals surface area contributed by atoms with Gasteiger partial charge in [-0.25, -0.2) is 5.43 Å². The molecule has 4 nitrogen and oxygen atoms in total. The van der Waals surface area contributed by atoms with E-state index in [0.717, 1.165) is 22.0 Å². The molecule has 0 heterocycles. The summed E-state index contributed by atoms with van der Waals surface area (Å²) in [6.45, 7) is 1.83. The molecule has 3 aromatic rings. The Kier molecular flexibility index (Phi) is 6.43. The van der Waals surface area contributed by atoms with Gasteiger partial charge in [-0.3, -0.25) is 4.79 Å². The van der Waals surface area contributed by atoms with E-state index in [1.54, 1.807) is 0 Å². The summed E-state index contributed by atoms with van der Waals surface area (Å²) in [5.41, 5.74) is 5.81. The third-order valence-electron chi connectivity index (χ3n) is 5.84. The zero-order chi connectivity index (χ0) is 20.8. The number of nitrogens with one attached hydrogen (secondary N) is 1. The van der Waals surface area contributed by atoms with Crippen LogP contribution in [0.25, 0.3) is 10.8 Å². The maximum Gasteiger partial charge on any atom is 0.277 e. The van der Waals surface area contributed by atoms with E-state index >= 15 is 0 Å². The van der Waals surface area contributed by atoms with Crippen LogP contribution in [-0.2, 0) is 4.79 Å². The standard InChI is InChI=1S/C26H28N2O2/c1-19(20-11-13-23(14-12-20)21-7-3-2-4-8-21)27-28-26(29)18-30-25-16-15-22-9-5-6-10-24(22)17-25/h5-6,9-17,21H,2-4,7-8,18H2,1H3,(H,28,29). The minimum absolute atomic E-state index is 0.0737. The molecule has 0 atom stereocenters. The molecule has 1 saturated carbocycles. The van der Waals surface area contributed by atoms with E-state index in [2.05, 4.69) is 34.8 Å². The number of carbonyl (C=O) groups is 1. The summed E-state index contributed by atoms with van der Waals surface area (Å²) in [5.74, 6) is 1.08. The third-order valence-corrected chi connectivity index (χ3v) is 5.84. The van der Waals surface area contributed by atoms with E-state index in [1.807, 2.05) is 49.4 Å². The summed E-state index contributed by atoms with van der Waals surface area (Å²) >= 11 is 0. The summed E-state index contributed by atoms with van der Waals surface area (Å²) in [7, 11) is 0. The second-order valence-corrected chi connectivity index (χ2v) is 7.99. The molecule has 1 aliphatic rings. The molecular formula is C26H28N2O2. The molecule has 1 aliphatic carbocycles. The molecule has 0 radical (unpaired) electrons. The molecular weight excluding hydrogens is 372 g/mol. The van der Waals surface area contributed by atoms with Gasteiger partial charge >= 0.3 is 0 Å². The van der Waals surface area contributed by atoms with Gasteiger partial charge in [0, 0.05) is 0 Å². The number of carbonyl (C=O) groups excluding carboxylic acids is 1. The first-order valence-electron chi connectivity index (χ1n) is 10.7. The van der Waals surface area contributed by atoms with Crippen molar-refractivity contribution in [3.8, 4) is 5.75 Å². The van der Waals surface area contributed by atoms with Crippen LogP contribution in [-0.4, -0.2) is 18.2 Å². The number of benzene rings is 3. The van der Waals surface area contributed by atoms with Crippen molar-refractivity contribution in [3.05, 3.63) is 77.9 Å². The molecule has 1 N–H and O–H groups in total. The van der Waals surface area contributed by atoms with Crippen molar-refractivity contribution in [1.29, 1.82) is 0 Å². The Morgan fingerprint density at radius 3 is 2.47 bits per heavy atom. The first-order valence-corrected chi connectivity index (χ1v) is 10.7. The van der Waals surface area contributed by atoms with Gasteiger partial charge in [0.1, 0.15) is 5.75 Å². The maximum absolute atomic E-state index is 12.1. The van der Waals surface area contributed by atoms with Gasteiger partial charge in [-0.1, -0.05) is 73.9 Å². The number of amides is 1. The normalized spacial score (nSPS) is 15.2. The Balaban J connectivity index is 1.30. The van der Waals surface area contributed by atoms with Crippen LogP contribution in [0.3, 0.4) is 0 Å². The van der Waals surface area contributed by atoms with Crippen LogP contribution in [0.4, 0.5) is 0 Å². The van der Waals surface area contributed by atoms with Crippen LogP contribution in [0.5, 0.6) is 5.75 Å². The SMILES string of the molecule is CC(=NNC(=O)COc1ccc2ccccc2c1)c1ccc(C2CCCCC2)cc1. The van der Waals surface area contributed by atoms with E-state index in [1.165, 1.54) is 37.7 Å². The summed E-state index contributed by atoms with van der Waals surface area (Å²) in [5, 5.41) is 6.46. The van der Waals surface area contributed by atoms with Crippen molar-refractivity contribution < 1.29 is 9.53 Å². The lowest BCUT2D eigenvalue weighted by atomic mass is 9.84. The van der Waals surface area contributed by atoms with Gasteiger partial charge in [-0.15, -0.1) is 0 Å². The lowest BCUT2D eigenvalue weighted by molar-refractivity contribution is -0.123. The zero-order valence-electron chi connectivity index (χ0n) is 17.4. The molecule has 0 spiro atoms. The Hall–Kier alpha value is -3.14. The van der Waals surface area contributed by atoms with E-state index in [9.17, 15) is 4.79 Å². The number of hydrazone groups is 1. The number of nitrogens with zero attached hydrogens (tertiary/aromatic N) is 1. The highest BCUT2D eigenvalue weighted by Gasteiger charge is 2.15. The summed E-state index contributed by atoms with van der Waals surface area (Å²) < 4.78 is 5.62. The lowest BCUT2D eigenvalue weighted by Gasteiger charge is -2.22. The van der Waals surface area contributed by atoms with E-state index in [0.29, 0.717) is 11.7 Å². The first kappa shape index (κ1) is 20.1. The molecule has 4 heteroatoms. The number of hydrogen-bond donors (Lipinski definition) is 1. The fourth-order valence-corrected chi connectivity index (χ4v) is 4.08. The van der Waals surface area contributed by atoms with Crippen LogP contribution < -0.4 is 10.2 Å².